The van der Waals surface area contributed by atoms with Gasteiger partial charge in [-0.1, -0.05) is 0 Å². The summed E-state index contributed by atoms with van der Waals surface area (Å²) in [7, 11) is 0. The lowest BCUT2D eigenvalue weighted by Crippen LogP contribution is -1.91. The lowest BCUT2D eigenvalue weighted by atomic mass is 10.4. The van der Waals surface area contributed by atoms with Crippen molar-refractivity contribution in [1.29, 1.82) is 0 Å². The average Bonchev–Trinajstić information content (AvgIpc) is 2.50. The number of hydrogen-bond donors (Lipinski definition) is 2. The van der Waals surface area contributed by atoms with Crippen LogP contribution in [0, 0.1) is 0 Å². The van der Waals surface area contributed by atoms with Gasteiger partial charge >= 0.3 is 0 Å². The van der Waals surface area contributed by atoms with E-state index < -0.39 is 0 Å². The summed E-state index contributed by atoms with van der Waals surface area (Å²) >= 11 is 1.63. The van der Waals surface area contributed by atoms with Crippen molar-refractivity contribution in [2.75, 3.05) is 12.0 Å². The molecular weight excluding hydrogens is 208 g/mol. The van der Waals surface area contributed by atoms with Gasteiger partial charge in [0.05, 0.1) is 11.8 Å². The minimum absolute atomic E-state index is 0. The van der Waals surface area contributed by atoms with Gasteiger partial charge in [0.25, 0.3) is 0 Å². The summed E-state index contributed by atoms with van der Waals surface area (Å²) in [5.41, 5.74) is 7.22. The highest BCUT2D eigenvalue weighted by Gasteiger charge is 2.04. The molecule has 13 heavy (non-hydrogen) atoms. The second-order valence-electron chi connectivity index (χ2n) is 2.35. The fourth-order valence-electron chi connectivity index (χ4n) is 1.08. The van der Waals surface area contributed by atoms with Crippen molar-refractivity contribution < 1.29 is 0 Å². The Kier molecular flexibility index (Phi) is 3.00. The zero-order chi connectivity index (χ0) is 8.55. The quantitative estimate of drug-likeness (QED) is 0.712. The van der Waals surface area contributed by atoms with Crippen LogP contribution in [0.3, 0.4) is 0 Å². The zero-order valence-corrected chi connectivity index (χ0v) is 8.58. The molecule has 0 aliphatic heterocycles. The van der Waals surface area contributed by atoms with Gasteiger partial charge in [-0.2, -0.15) is 0 Å². The molecule has 0 aliphatic rings. The van der Waals surface area contributed by atoms with Gasteiger partial charge in [0.1, 0.15) is 5.82 Å². The van der Waals surface area contributed by atoms with Crippen LogP contribution in [0.2, 0.25) is 0 Å². The van der Waals surface area contributed by atoms with E-state index >= 15 is 0 Å². The molecule has 0 fully saturated rings. The molecule has 2 aromatic heterocycles. The van der Waals surface area contributed by atoms with Crippen molar-refractivity contribution in [2.24, 2.45) is 0 Å². The van der Waals surface area contributed by atoms with E-state index in [1.807, 2.05) is 12.3 Å². The molecule has 2 heterocycles. The molecule has 6 heteroatoms. The van der Waals surface area contributed by atoms with Gasteiger partial charge in [0.2, 0.25) is 0 Å². The average molecular weight is 217 g/mol. The van der Waals surface area contributed by atoms with Crippen molar-refractivity contribution in [2.45, 2.75) is 4.90 Å². The minimum Gasteiger partial charge on any atom is -0.384 e. The van der Waals surface area contributed by atoms with Crippen LogP contribution in [-0.2, 0) is 0 Å². The van der Waals surface area contributed by atoms with E-state index in [0.717, 1.165) is 10.4 Å². The first kappa shape index (κ1) is 10.1. The van der Waals surface area contributed by atoms with Crippen molar-refractivity contribution in [3.8, 4) is 0 Å². The summed E-state index contributed by atoms with van der Waals surface area (Å²) in [6.45, 7) is 0. The first-order valence-corrected chi connectivity index (χ1v) is 4.67. The van der Waals surface area contributed by atoms with Gasteiger partial charge in [0.15, 0.2) is 5.65 Å². The number of H-pyrrole nitrogens is 1. The maximum Gasteiger partial charge on any atom is 0.180 e. The highest BCUT2D eigenvalue weighted by Crippen LogP contribution is 2.23. The number of fused-ring (bicyclic) bond motifs is 1. The molecule has 2 aromatic rings. The maximum absolute atomic E-state index is 5.58. The number of thioether (sulfide) groups is 1. The standard InChI is InChI=1S/C7H8N4S.ClH/c1-12-4-2-5(8)11-7-6(4)9-3-10-7;/h2-3H,1H3,(H3,8,9,10,11);1H. The van der Waals surface area contributed by atoms with Crippen LogP contribution in [0.1, 0.15) is 0 Å². The Morgan fingerprint density at radius 2 is 2.31 bits per heavy atom. The second-order valence-corrected chi connectivity index (χ2v) is 3.20. The van der Waals surface area contributed by atoms with Crippen LogP contribution >= 0.6 is 24.2 Å². The number of rotatable bonds is 1. The van der Waals surface area contributed by atoms with Crippen molar-refractivity contribution in [1.82, 2.24) is 15.0 Å². The predicted molar refractivity (Wildman–Crippen MR) is 57.3 cm³/mol. The Morgan fingerprint density at radius 1 is 1.54 bits per heavy atom. The highest BCUT2D eigenvalue weighted by atomic mass is 35.5. The third kappa shape index (κ3) is 1.71. The lowest BCUT2D eigenvalue weighted by molar-refractivity contribution is 1.30. The monoisotopic (exact) mass is 216 g/mol. The molecule has 0 bridgehead atoms. The Hall–Kier alpha value is -0.940. The molecule has 0 saturated heterocycles. The number of nitrogens with one attached hydrogen (secondary N) is 1. The van der Waals surface area contributed by atoms with E-state index in [0.29, 0.717) is 11.5 Å². The smallest absolute Gasteiger partial charge is 0.180 e. The van der Waals surface area contributed by atoms with Crippen LogP contribution in [0.4, 0.5) is 5.82 Å². The van der Waals surface area contributed by atoms with E-state index in [-0.39, 0.29) is 12.4 Å². The van der Waals surface area contributed by atoms with E-state index in [1.165, 1.54) is 0 Å². The summed E-state index contributed by atoms with van der Waals surface area (Å²) in [4.78, 5) is 12.2. The van der Waals surface area contributed by atoms with Crippen molar-refractivity contribution >= 4 is 41.2 Å². The molecule has 0 aromatic carbocycles. The van der Waals surface area contributed by atoms with Crippen LogP contribution in [0.15, 0.2) is 17.3 Å². The molecule has 2 rings (SSSR count). The van der Waals surface area contributed by atoms with Crippen LogP contribution in [-0.4, -0.2) is 21.2 Å². The maximum atomic E-state index is 5.58. The number of halogens is 1. The van der Waals surface area contributed by atoms with Crippen molar-refractivity contribution in [3.63, 3.8) is 0 Å². The third-order valence-electron chi connectivity index (χ3n) is 1.60. The van der Waals surface area contributed by atoms with Gasteiger partial charge in [0, 0.05) is 4.90 Å². The van der Waals surface area contributed by atoms with Crippen molar-refractivity contribution in [3.05, 3.63) is 12.4 Å². The Labute approximate surface area is 85.7 Å². The molecular formula is C7H9ClN4S. The van der Waals surface area contributed by atoms with Crippen LogP contribution < -0.4 is 5.73 Å². The molecule has 0 saturated carbocycles. The number of pyridine rings is 1. The van der Waals surface area contributed by atoms with E-state index in [9.17, 15) is 0 Å². The normalized spacial score (nSPS) is 9.92. The number of anilines is 1. The molecule has 0 aliphatic carbocycles. The second kappa shape index (κ2) is 3.85. The number of aromatic amines is 1. The van der Waals surface area contributed by atoms with Crippen LogP contribution in [0.25, 0.3) is 11.2 Å². The van der Waals surface area contributed by atoms with E-state index in [4.69, 9.17) is 5.73 Å². The molecule has 70 valence electrons. The van der Waals surface area contributed by atoms with E-state index in [1.54, 1.807) is 18.1 Å². The molecule has 0 atom stereocenters. The third-order valence-corrected chi connectivity index (χ3v) is 2.36. The lowest BCUT2D eigenvalue weighted by Gasteiger charge is -1.98. The first-order valence-electron chi connectivity index (χ1n) is 3.45. The molecule has 3 N–H and O–H groups in total. The number of hydrogen-bond acceptors (Lipinski definition) is 4. The summed E-state index contributed by atoms with van der Waals surface area (Å²) in [5, 5.41) is 0. The summed E-state index contributed by atoms with van der Waals surface area (Å²) < 4.78 is 0. The number of nitrogen functional groups attached to an aromatic ring is 1. The van der Waals surface area contributed by atoms with Crippen LogP contribution in [0.5, 0.6) is 0 Å². The van der Waals surface area contributed by atoms with E-state index in [2.05, 4.69) is 15.0 Å². The highest BCUT2D eigenvalue weighted by molar-refractivity contribution is 7.98. The molecule has 0 radical (unpaired) electrons. The summed E-state index contributed by atoms with van der Waals surface area (Å²) in [6, 6.07) is 1.84. The Morgan fingerprint density at radius 3 is 3.00 bits per heavy atom. The molecule has 0 unspecified atom stereocenters. The number of nitrogens with zero attached hydrogens (tertiary/aromatic N) is 2. The van der Waals surface area contributed by atoms with Gasteiger partial charge in [-0.15, -0.1) is 24.2 Å². The molecule has 4 nitrogen and oxygen atoms in total. The number of imidazole rings is 1. The Balaban J connectivity index is 0.000000845. The fourth-order valence-corrected chi connectivity index (χ4v) is 1.67. The predicted octanol–water partition coefficient (Wildman–Crippen LogP) is 1.68. The zero-order valence-electron chi connectivity index (χ0n) is 6.94. The minimum atomic E-state index is 0. The number of aromatic nitrogens is 3. The Bertz CT molecular complexity index is 414. The van der Waals surface area contributed by atoms with Gasteiger partial charge < -0.3 is 10.7 Å². The SMILES string of the molecule is CSc1cc(N)nc2nc[nH]c12.Cl. The van der Waals surface area contributed by atoms with Gasteiger partial charge in [-0.05, 0) is 12.3 Å². The first-order chi connectivity index (χ1) is 5.81. The summed E-state index contributed by atoms with van der Waals surface area (Å²) in [6.07, 6.45) is 3.62. The molecule has 0 amide bonds. The number of nitrogens with two attached hydrogens (primary N) is 1. The largest absolute Gasteiger partial charge is 0.384 e. The van der Waals surface area contributed by atoms with Gasteiger partial charge in [-0.3, -0.25) is 0 Å². The van der Waals surface area contributed by atoms with Gasteiger partial charge in [-0.25, -0.2) is 9.97 Å². The fraction of sp³-hybridized carbons (Fsp3) is 0.143. The molecule has 0 spiro atoms. The topological polar surface area (TPSA) is 67.6 Å². The summed E-state index contributed by atoms with van der Waals surface area (Å²) in [5.74, 6) is 0.513.